The van der Waals surface area contributed by atoms with Gasteiger partial charge in [0.25, 0.3) is 5.91 Å². The van der Waals surface area contributed by atoms with Crippen molar-refractivity contribution in [2.24, 2.45) is 11.5 Å². The molecule has 5 N–H and O–H groups in total. The Morgan fingerprint density at radius 1 is 1.45 bits per heavy atom. The van der Waals surface area contributed by atoms with Crippen molar-refractivity contribution in [2.75, 3.05) is 5.75 Å². The molecule has 1 saturated heterocycles. The van der Waals surface area contributed by atoms with Crippen LogP contribution in [0.1, 0.15) is 0 Å². The number of aliphatic carboxylic acids is 1. The summed E-state index contributed by atoms with van der Waals surface area (Å²) in [4.78, 5) is 36.0. The average Bonchev–Trinajstić information content (AvgIpc) is 3.08. The Hall–Kier alpha value is -2.83. The van der Waals surface area contributed by atoms with Crippen LogP contribution in [0.5, 0.6) is 0 Å². The van der Waals surface area contributed by atoms with E-state index in [2.05, 4.69) is 5.10 Å². The zero-order chi connectivity index (χ0) is 20.7. The zero-order valence-corrected chi connectivity index (χ0v) is 16.6. The Morgan fingerprint density at radius 2 is 2.24 bits per heavy atom. The van der Waals surface area contributed by atoms with Crippen LogP contribution in [0.25, 0.3) is 5.65 Å². The molecule has 2 atom stereocenters. The maximum absolute atomic E-state index is 12.0. The molecule has 0 unspecified atom stereocenters. The number of nitrogens with two attached hydrogens (primary N) is 2. The quantitative estimate of drug-likeness (QED) is 0.308. The third-order valence-electron chi connectivity index (χ3n) is 4.52. The maximum Gasteiger partial charge on any atom is 0.352 e. The molecule has 10 nitrogen and oxygen atoms in total. The fraction of sp³-hybridized carbons (Fsp3) is 0.235. The lowest BCUT2D eigenvalue weighted by Gasteiger charge is -2.47. The number of aromatic nitrogens is 3. The number of primary amides is 1. The molecule has 2 aromatic rings. The van der Waals surface area contributed by atoms with E-state index in [1.54, 1.807) is 39.0 Å². The number of hydrogen-bond acceptors (Lipinski definition) is 7. The highest BCUT2D eigenvalue weighted by molar-refractivity contribution is 8.02. The van der Waals surface area contributed by atoms with E-state index in [-0.39, 0.29) is 23.5 Å². The third kappa shape index (κ3) is 3.50. The van der Waals surface area contributed by atoms with Crippen molar-refractivity contribution in [2.45, 2.75) is 23.0 Å². The lowest BCUT2D eigenvalue weighted by atomic mass is 10.0. The molecule has 4 rings (SSSR count). The van der Waals surface area contributed by atoms with Crippen molar-refractivity contribution in [3.05, 3.63) is 47.3 Å². The van der Waals surface area contributed by atoms with Gasteiger partial charge in [0.15, 0.2) is 12.7 Å². The molecule has 29 heavy (non-hydrogen) atoms. The molecular formula is C17H17N6O4S2+. The van der Waals surface area contributed by atoms with Crippen LogP contribution in [0.4, 0.5) is 0 Å². The minimum Gasteiger partial charge on any atom is -0.477 e. The number of carbonyl (C=O) groups is 3. The SMILES string of the molecule is NC(=O)C[n+]1ccn2nc(S/C=C/C3=C(C(=O)O)N4C(=O)[C@@H](N)[C@H]4SC3)ccc21. The van der Waals surface area contributed by atoms with Crippen molar-refractivity contribution in [3.63, 3.8) is 0 Å². The number of hydrogen-bond donors (Lipinski definition) is 3. The topological polar surface area (TPSA) is 148 Å². The van der Waals surface area contributed by atoms with Gasteiger partial charge in [0.1, 0.15) is 28.3 Å². The summed E-state index contributed by atoms with van der Waals surface area (Å²) in [5, 5.41) is 16.1. The number of carbonyl (C=O) groups excluding carboxylic acids is 2. The standard InChI is InChI=1S/C17H16N6O4S2/c18-10(24)7-21-4-5-22-12(21)2-1-11(20-22)28-6-3-9-8-29-16-13(19)15(25)23(16)14(9)17(26)27/h1-6,13,16H,7-8,19H2,(H2-,18,24,26,27)/p+1/b6-3+/t13-,16-/m1/s1. The van der Waals surface area contributed by atoms with Crippen LogP contribution in [-0.2, 0) is 20.9 Å². The highest BCUT2D eigenvalue weighted by Gasteiger charge is 2.51. The first-order valence-electron chi connectivity index (χ1n) is 8.53. The second-order valence-electron chi connectivity index (χ2n) is 6.40. The van der Waals surface area contributed by atoms with Gasteiger partial charge in [-0.15, -0.1) is 16.3 Å². The lowest BCUT2D eigenvalue weighted by molar-refractivity contribution is -0.658. The number of carboxylic acids is 1. The molecule has 0 aliphatic carbocycles. The van der Waals surface area contributed by atoms with E-state index in [4.69, 9.17) is 11.5 Å². The highest BCUT2D eigenvalue weighted by Crippen LogP contribution is 2.40. The van der Waals surface area contributed by atoms with Crippen molar-refractivity contribution in [3.8, 4) is 0 Å². The van der Waals surface area contributed by atoms with Gasteiger partial charge < -0.3 is 16.6 Å². The van der Waals surface area contributed by atoms with E-state index >= 15 is 0 Å². The van der Waals surface area contributed by atoms with Crippen LogP contribution >= 0.6 is 23.5 Å². The van der Waals surface area contributed by atoms with Gasteiger partial charge in [-0.05, 0) is 23.1 Å². The average molecular weight is 433 g/mol. The van der Waals surface area contributed by atoms with Gasteiger partial charge in [-0.1, -0.05) is 16.9 Å². The summed E-state index contributed by atoms with van der Waals surface area (Å²) in [6.45, 7) is 0.0637. The molecule has 1 fully saturated rings. The fourth-order valence-electron chi connectivity index (χ4n) is 3.19. The first kappa shape index (κ1) is 19.5. The molecule has 2 aliphatic rings. The van der Waals surface area contributed by atoms with Crippen molar-refractivity contribution >= 4 is 47.0 Å². The molecule has 2 aromatic heterocycles. The van der Waals surface area contributed by atoms with E-state index < -0.39 is 17.9 Å². The van der Waals surface area contributed by atoms with Crippen molar-refractivity contribution in [1.29, 1.82) is 0 Å². The zero-order valence-electron chi connectivity index (χ0n) is 15.0. The van der Waals surface area contributed by atoms with E-state index in [0.717, 1.165) is 5.65 Å². The van der Waals surface area contributed by atoms with Crippen LogP contribution in [0.3, 0.4) is 0 Å². The van der Waals surface area contributed by atoms with Gasteiger partial charge in [0.05, 0.1) is 0 Å². The highest BCUT2D eigenvalue weighted by atomic mass is 32.2. The fourth-order valence-corrected chi connectivity index (χ4v) is 5.11. The molecule has 150 valence electrons. The number of thioether (sulfide) groups is 2. The van der Waals surface area contributed by atoms with E-state index in [0.29, 0.717) is 16.4 Å². The maximum atomic E-state index is 12.0. The normalized spacial score (nSPS) is 21.6. The van der Waals surface area contributed by atoms with Gasteiger partial charge in [-0.25, -0.2) is 9.36 Å². The predicted octanol–water partition coefficient (Wildman–Crippen LogP) is -0.706. The number of fused-ring (bicyclic) bond motifs is 2. The second kappa shape index (κ2) is 7.54. The molecule has 2 aliphatic heterocycles. The Labute approximate surface area is 173 Å². The Bertz CT molecular complexity index is 1090. The summed E-state index contributed by atoms with van der Waals surface area (Å²) in [7, 11) is 0. The number of carboxylic acid groups (broad SMARTS) is 1. The Kier molecular flexibility index (Phi) is 5.06. The summed E-state index contributed by atoms with van der Waals surface area (Å²) in [5.74, 6) is -1.51. The van der Waals surface area contributed by atoms with Gasteiger partial charge in [-0.2, -0.15) is 0 Å². The first-order valence-corrected chi connectivity index (χ1v) is 10.5. The molecule has 0 radical (unpaired) electrons. The number of imidazole rings is 1. The second-order valence-corrected chi connectivity index (χ2v) is 8.43. The molecule has 4 heterocycles. The number of nitrogens with zero attached hydrogens (tertiary/aromatic N) is 4. The van der Waals surface area contributed by atoms with E-state index in [1.807, 2.05) is 6.07 Å². The summed E-state index contributed by atoms with van der Waals surface area (Å²) in [6.07, 6.45) is 5.11. The predicted molar refractivity (Wildman–Crippen MR) is 105 cm³/mol. The summed E-state index contributed by atoms with van der Waals surface area (Å²) in [5.41, 5.74) is 12.2. The van der Waals surface area contributed by atoms with Crippen molar-refractivity contribution in [1.82, 2.24) is 14.5 Å². The van der Waals surface area contributed by atoms with Crippen LogP contribution < -0.4 is 16.0 Å². The van der Waals surface area contributed by atoms with Gasteiger partial charge in [0, 0.05) is 11.8 Å². The van der Waals surface area contributed by atoms with E-state index in [1.165, 1.54) is 28.4 Å². The number of rotatable bonds is 6. The Balaban J connectivity index is 1.53. The Morgan fingerprint density at radius 3 is 2.97 bits per heavy atom. The summed E-state index contributed by atoms with van der Waals surface area (Å²) < 4.78 is 3.32. The molecule has 12 heteroatoms. The van der Waals surface area contributed by atoms with Gasteiger partial charge in [-0.3, -0.25) is 14.5 Å². The smallest absolute Gasteiger partial charge is 0.352 e. The third-order valence-corrected chi connectivity index (χ3v) is 6.58. The van der Waals surface area contributed by atoms with Crippen LogP contribution in [0.2, 0.25) is 0 Å². The number of β-lactam (4-membered cyclic amide) rings is 1. The lowest BCUT2D eigenvalue weighted by Crippen LogP contribution is -2.68. The molecule has 0 saturated carbocycles. The minimum absolute atomic E-state index is 0.0152. The largest absolute Gasteiger partial charge is 0.477 e. The summed E-state index contributed by atoms with van der Waals surface area (Å²) >= 11 is 2.76. The molecule has 0 aromatic carbocycles. The minimum atomic E-state index is -1.15. The summed E-state index contributed by atoms with van der Waals surface area (Å²) in [6, 6.07) is 2.96. The first-order chi connectivity index (χ1) is 13.9. The number of amides is 2. The monoisotopic (exact) mass is 433 g/mol. The molecule has 0 bridgehead atoms. The molecular weight excluding hydrogens is 416 g/mol. The van der Waals surface area contributed by atoms with Crippen LogP contribution in [0.15, 0.2) is 52.3 Å². The van der Waals surface area contributed by atoms with Gasteiger partial charge >= 0.3 is 11.6 Å². The van der Waals surface area contributed by atoms with Crippen LogP contribution in [0, 0.1) is 0 Å². The van der Waals surface area contributed by atoms with Crippen molar-refractivity contribution < 1.29 is 24.1 Å². The van der Waals surface area contributed by atoms with Crippen LogP contribution in [-0.4, -0.2) is 54.6 Å². The van der Waals surface area contributed by atoms with Gasteiger partial charge in [0.2, 0.25) is 5.91 Å². The molecule has 2 amide bonds. The number of allylic oxidation sites excluding steroid dienone is 1. The van der Waals surface area contributed by atoms with E-state index in [9.17, 15) is 19.5 Å². The molecule has 0 spiro atoms.